The highest BCUT2D eigenvalue weighted by Crippen LogP contribution is 2.28. The van der Waals surface area contributed by atoms with Crippen molar-refractivity contribution < 1.29 is 14.0 Å². The number of nitrogens with zero attached hydrogens (tertiary/aromatic N) is 2. The topological polar surface area (TPSA) is 62.3 Å². The van der Waals surface area contributed by atoms with Crippen LogP contribution in [0.1, 0.15) is 18.4 Å². The third-order valence-electron chi connectivity index (χ3n) is 4.32. The fourth-order valence-electron chi connectivity index (χ4n) is 3.11. The predicted octanol–water partition coefficient (Wildman–Crippen LogP) is 3.74. The van der Waals surface area contributed by atoms with Gasteiger partial charge in [0.05, 0.1) is 10.2 Å². The lowest BCUT2D eigenvalue weighted by molar-refractivity contribution is -0.121. The van der Waals surface area contributed by atoms with Crippen molar-refractivity contribution in [3.05, 3.63) is 53.8 Å². The molecule has 5 nitrogen and oxygen atoms in total. The van der Waals surface area contributed by atoms with E-state index >= 15 is 0 Å². The van der Waals surface area contributed by atoms with Gasteiger partial charge in [-0.3, -0.25) is 9.59 Å². The first kappa shape index (κ1) is 16.7. The number of aryl methyl sites for hydroxylation is 1. The maximum Gasteiger partial charge on any atom is 0.246 e. The molecule has 0 fully saturated rings. The summed E-state index contributed by atoms with van der Waals surface area (Å²) in [5.41, 5.74) is 2.49. The van der Waals surface area contributed by atoms with E-state index in [1.54, 1.807) is 6.07 Å². The molecule has 0 radical (unpaired) electrons. The van der Waals surface area contributed by atoms with Crippen LogP contribution in [0.4, 0.5) is 15.2 Å². The first-order valence-corrected chi connectivity index (χ1v) is 9.16. The van der Waals surface area contributed by atoms with Crippen LogP contribution in [0.25, 0.3) is 10.2 Å². The summed E-state index contributed by atoms with van der Waals surface area (Å²) in [6, 6.07) is 12.0. The Morgan fingerprint density at radius 1 is 1.23 bits per heavy atom. The summed E-state index contributed by atoms with van der Waals surface area (Å²) in [6.45, 7) is -0.0693. The van der Waals surface area contributed by atoms with E-state index in [-0.39, 0.29) is 24.2 Å². The number of nitrogens with one attached hydrogen (secondary N) is 1. The molecule has 0 saturated carbocycles. The molecule has 1 N–H and O–H groups in total. The number of rotatable bonds is 3. The van der Waals surface area contributed by atoms with Crippen molar-refractivity contribution in [3.8, 4) is 0 Å². The maximum absolute atomic E-state index is 13.3. The number of halogens is 1. The van der Waals surface area contributed by atoms with Crippen molar-refractivity contribution in [2.24, 2.45) is 0 Å². The first-order chi connectivity index (χ1) is 12.6. The zero-order valence-electron chi connectivity index (χ0n) is 13.9. The van der Waals surface area contributed by atoms with Gasteiger partial charge in [-0.1, -0.05) is 29.5 Å². The van der Waals surface area contributed by atoms with E-state index in [0.29, 0.717) is 21.8 Å². The van der Waals surface area contributed by atoms with Gasteiger partial charge in [0.15, 0.2) is 5.13 Å². The minimum atomic E-state index is -0.342. The Kier molecular flexibility index (Phi) is 4.38. The van der Waals surface area contributed by atoms with Gasteiger partial charge in [0.1, 0.15) is 12.4 Å². The molecule has 0 bridgehead atoms. The molecule has 1 aromatic heterocycles. The van der Waals surface area contributed by atoms with Gasteiger partial charge in [0.25, 0.3) is 0 Å². The summed E-state index contributed by atoms with van der Waals surface area (Å²) >= 11 is 1.21. The van der Waals surface area contributed by atoms with E-state index in [2.05, 4.69) is 10.3 Å². The van der Waals surface area contributed by atoms with Gasteiger partial charge in [-0.15, -0.1) is 0 Å². The summed E-state index contributed by atoms with van der Waals surface area (Å²) in [5, 5.41) is 3.12. The van der Waals surface area contributed by atoms with Crippen LogP contribution < -0.4 is 10.2 Å². The second kappa shape index (κ2) is 6.84. The molecular formula is C19H16FN3O2S. The van der Waals surface area contributed by atoms with Gasteiger partial charge in [-0.05, 0) is 42.7 Å². The SMILES string of the molecule is O=C(CN1C(=O)CCCc2ccccc21)Nc1nc2ccc(F)cc2s1. The highest BCUT2D eigenvalue weighted by molar-refractivity contribution is 7.22. The summed E-state index contributed by atoms with van der Waals surface area (Å²) in [5.74, 6) is -0.725. The molecule has 0 spiro atoms. The second-order valence-electron chi connectivity index (χ2n) is 6.14. The van der Waals surface area contributed by atoms with Gasteiger partial charge < -0.3 is 10.2 Å². The zero-order chi connectivity index (χ0) is 18.1. The molecule has 0 aliphatic carbocycles. The second-order valence-corrected chi connectivity index (χ2v) is 7.17. The standard InChI is InChI=1S/C19H16FN3O2S/c20-13-8-9-14-16(10-13)26-19(21-14)22-17(24)11-23-15-6-2-1-4-12(15)5-3-7-18(23)25/h1-2,4,6,8-10H,3,5,7,11H2,(H,21,22,24). The molecule has 132 valence electrons. The Hall–Kier alpha value is -2.80. The van der Waals surface area contributed by atoms with Gasteiger partial charge in [-0.2, -0.15) is 0 Å². The van der Waals surface area contributed by atoms with E-state index in [1.165, 1.54) is 28.4 Å². The summed E-state index contributed by atoms with van der Waals surface area (Å²) in [6.07, 6.45) is 2.02. The van der Waals surface area contributed by atoms with E-state index in [1.807, 2.05) is 24.3 Å². The minimum absolute atomic E-state index is 0.0588. The normalized spacial score (nSPS) is 14.2. The number of hydrogen-bond donors (Lipinski definition) is 1. The lowest BCUT2D eigenvalue weighted by atomic mass is 10.1. The van der Waals surface area contributed by atoms with Crippen LogP contribution in [-0.2, 0) is 16.0 Å². The molecular weight excluding hydrogens is 353 g/mol. The molecule has 0 saturated heterocycles. The van der Waals surface area contributed by atoms with Crippen molar-refractivity contribution >= 4 is 44.2 Å². The van der Waals surface area contributed by atoms with Gasteiger partial charge in [0, 0.05) is 12.1 Å². The Balaban J connectivity index is 1.54. The number of carbonyl (C=O) groups excluding carboxylic acids is 2. The van der Waals surface area contributed by atoms with E-state index in [4.69, 9.17) is 0 Å². The van der Waals surface area contributed by atoms with Crippen LogP contribution in [0.15, 0.2) is 42.5 Å². The van der Waals surface area contributed by atoms with Gasteiger partial charge in [-0.25, -0.2) is 9.37 Å². The van der Waals surface area contributed by atoms with Crippen molar-refractivity contribution in [2.75, 3.05) is 16.8 Å². The van der Waals surface area contributed by atoms with Crippen LogP contribution in [0.5, 0.6) is 0 Å². The number of thiazole rings is 1. The number of para-hydroxylation sites is 1. The van der Waals surface area contributed by atoms with Crippen LogP contribution >= 0.6 is 11.3 Å². The van der Waals surface area contributed by atoms with Crippen molar-refractivity contribution in [1.29, 1.82) is 0 Å². The maximum atomic E-state index is 13.3. The molecule has 3 aromatic rings. The number of amides is 2. The molecule has 7 heteroatoms. The zero-order valence-corrected chi connectivity index (χ0v) is 14.7. The average molecular weight is 369 g/mol. The molecule has 0 atom stereocenters. The molecule has 0 unspecified atom stereocenters. The molecule has 1 aliphatic heterocycles. The number of benzene rings is 2. The molecule has 4 rings (SSSR count). The molecule has 2 amide bonds. The molecule has 2 heterocycles. The Bertz CT molecular complexity index is 1000. The molecule has 1 aliphatic rings. The lowest BCUT2D eigenvalue weighted by Gasteiger charge is -2.22. The number of fused-ring (bicyclic) bond motifs is 2. The third kappa shape index (κ3) is 3.30. The van der Waals surface area contributed by atoms with E-state index in [0.717, 1.165) is 24.1 Å². The largest absolute Gasteiger partial charge is 0.303 e. The highest BCUT2D eigenvalue weighted by Gasteiger charge is 2.24. The van der Waals surface area contributed by atoms with Crippen LogP contribution in [0.2, 0.25) is 0 Å². The van der Waals surface area contributed by atoms with Gasteiger partial charge in [0.2, 0.25) is 11.8 Å². The highest BCUT2D eigenvalue weighted by atomic mass is 32.1. The number of anilines is 2. The Morgan fingerprint density at radius 2 is 2.08 bits per heavy atom. The van der Waals surface area contributed by atoms with Crippen LogP contribution in [0.3, 0.4) is 0 Å². The monoisotopic (exact) mass is 369 g/mol. The van der Waals surface area contributed by atoms with Crippen LogP contribution in [-0.4, -0.2) is 23.3 Å². The quantitative estimate of drug-likeness (QED) is 0.765. The fourth-order valence-corrected chi connectivity index (χ4v) is 4.02. The number of hydrogen-bond acceptors (Lipinski definition) is 4. The van der Waals surface area contributed by atoms with Crippen LogP contribution in [0, 0.1) is 5.82 Å². The first-order valence-electron chi connectivity index (χ1n) is 8.34. The smallest absolute Gasteiger partial charge is 0.246 e. The van der Waals surface area contributed by atoms with Crippen molar-refractivity contribution in [2.45, 2.75) is 19.3 Å². The van der Waals surface area contributed by atoms with Crippen molar-refractivity contribution in [1.82, 2.24) is 4.98 Å². The summed E-state index contributed by atoms with van der Waals surface area (Å²) in [4.78, 5) is 30.7. The lowest BCUT2D eigenvalue weighted by Crippen LogP contribution is -2.37. The predicted molar refractivity (Wildman–Crippen MR) is 99.9 cm³/mol. The minimum Gasteiger partial charge on any atom is -0.303 e. The van der Waals surface area contributed by atoms with Gasteiger partial charge >= 0.3 is 0 Å². The number of aromatic nitrogens is 1. The molecule has 26 heavy (non-hydrogen) atoms. The number of carbonyl (C=O) groups is 2. The fraction of sp³-hybridized carbons (Fsp3) is 0.211. The molecule has 2 aromatic carbocycles. The summed E-state index contributed by atoms with van der Waals surface area (Å²) < 4.78 is 14.0. The average Bonchev–Trinajstić information content (AvgIpc) is 2.93. The van der Waals surface area contributed by atoms with E-state index in [9.17, 15) is 14.0 Å². The summed E-state index contributed by atoms with van der Waals surface area (Å²) in [7, 11) is 0. The Labute approximate surface area is 153 Å². The van der Waals surface area contributed by atoms with Crippen molar-refractivity contribution in [3.63, 3.8) is 0 Å². The Morgan fingerprint density at radius 3 is 2.96 bits per heavy atom. The van der Waals surface area contributed by atoms with E-state index < -0.39 is 0 Å². The third-order valence-corrected chi connectivity index (χ3v) is 5.25.